The second-order valence-corrected chi connectivity index (χ2v) is 8.54. The Morgan fingerprint density at radius 1 is 1.19 bits per heavy atom. The van der Waals surface area contributed by atoms with Crippen LogP contribution in [0.3, 0.4) is 0 Å². The van der Waals surface area contributed by atoms with Crippen LogP contribution in [-0.4, -0.2) is 76.1 Å². The number of carbonyl (C=O) groups excluding carboxylic acids is 2. The SMILES string of the molecule is COC(=O)CC[N+]1(C)C2=C(C(=O)N(Cc3nc[nH]c3C)CC2)c2ccccc21.O=C(O)/C=C\C(=O)O. The molecule has 0 bridgehead atoms. The number of nitrogens with one attached hydrogen (secondary N) is 1. The van der Waals surface area contributed by atoms with Gasteiger partial charge in [0.05, 0.1) is 51.3 Å². The van der Waals surface area contributed by atoms with Crippen molar-refractivity contribution in [2.45, 2.75) is 26.3 Å². The first-order valence-electron chi connectivity index (χ1n) is 11.3. The average molecular weight is 498 g/mol. The van der Waals surface area contributed by atoms with E-state index in [-0.39, 0.29) is 11.9 Å². The second kappa shape index (κ2) is 11.0. The summed E-state index contributed by atoms with van der Waals surface area (Å²) in [5.41, 5.74) is 5.79. The van der Waals surface area contributed by atoms with E-state index in [1.54, 1.807) is 6.33 Å². The third-order valence-electron chi connectivity index (χ3n) is 6.34. The van der Waals surface area contributed by atoms with Crippen LogP contribution in [0.15, 0.2) is 48.4 Å². The molecule has 0 spiro atoms. The molecule has 2 aromatic rings. The van der Waals surface area contributed by atoms with E-state index in [2.05, 4.69) is 23.1 Å². The van der Waals surface area contributed by atoms with Crippen molar-refractivity contribution in [1.29, 1.82) is 0 Å². The van der Waals surface area contributed by atoms with Crippen molar-refractivity contribution in [1.82, 2.24) is 19.4 Å². The van der Waals surface area contributed by atoms with Gasteiger partial charge in [0.15, 0.2) is 0 Å². The van der Waals surface area contributed by atoms with Crippen molar-refractivity contribution in [2.24, 2.45) is 0 Å². The van der Waals surface area contributed by atoms with Crippen LogP contribution in [0.5, 0.6) is 0 Å². The van der Waals surface area contributed by atoms with Gasteiger partial charge in [-0.3, -0.25) is 14.1 Å². The number of fused-ring (bicyclic) bond motifs is 2. The minimum Gasteiger partial charge on any atom is -0.478 e. The minimum atomic E-state index is -1.26. The molecule has 1 amide bonds. The number of aryl methyl sites for hydroxylation is 1. The molecule has 0 saturated carbocycles. The highest BCUT2D eigenvalue weighted by atomic mass is 16.5. The van der Waals surface area contributed by atoms with Crippen LogP contribution < -0.4 is 4.48 Å². The number of H-pyrrole nitrogens is 1. The Morgan fingerprint density at radius 3 is 2.44 bits per heavy atom. The Bertz CT molecular complexity index is 1230. The van der Waals surface area contributed by atoms with Crippen LogP contribution in [0, 0.1) is 6.92 Å². The summed E-state index contributed by atoms with van der Waals surface area (Å²) in [6.45, 7) is 3.68. The maximum Gasteiger partial charge on any atom is 0.328 e. The third kappa shape index (κ3) is 5.52. The number of esters is 1. The Labute approximate surface area is 207 Å². The van der Waals surface area contributed by atoms with Crippen molar-refractivity contribution in [3.05, 3.63) is 65.4 Å². The Balaban J connectivity index is 0.000000392. The van der Waals surface area contributed by atoms with Gasteiger partial charge in [0.1, 0.15) is 17.0 Å². The van der Waals surface area contributed by atoms with E-state index < -0.39 is 11.9 Å². The summed E-state index contributed by atoms with van der Waals surface area (Å²) in [6.07, 6.45) is 3.86. The summed E-state index contributed by atoms with van der Waals surface area (Å²) in [7, 11) is 3.49. The number of carboxylic acid groups (broad SMARTS) is 2. The predicted octanol–water partition coefficient (Wildman–Crippen LogP) is 2.09. The lowest BCUT2D eigenvalue weighted by Crippen LogP contribution is -2.47. The summed E-state index contributed by atoms with van der Waals surface area (Å²) in [4.78, 5) is 53.6. The van der Waals surface area contributed by atoms with E-state index in [1.165, 1.54) is 7.11 Å². The molecule has 1 atom stereocenters. The molecule has 0 fully saturated rings. The molecule has 2 aliphatic rings. The summed E-state index contributed by atoms with van der Waals surface area (Å²) in [5.74, 6) is -2.71. The molecule has 0 saturated heterocycles. The van der Waals surface area contributed by atoms with E-state index >= 15 is 0 Å². The summed E-state index contributed by atoms with van der Waals surface area (Å²) in [5, 5.41) is 15.6. The fourth-order valence-corrected chi connectivity index (χ4v) is 4.47. The summed E-state index contributed by atoms with van der Waals surface area (Å²) < 4.78 is 5.32. The molecule has 11 heteroatoms. The number of nitrogens with zero attached hydrogens (tertiary/aromatic N) is 3. The Hall–Kier alpha value is -4.25. The molecule has 4 rings (SSSR count). The lowest BCUT2D eigenvalue weighted by atomic mass is 10.00. The molecular weight excluding hydrogens is 468 g/mol. The minimum absolute atomic E-state index is 0.0380. The second-order valence-electron chi connectivity index (χ2n) is 8.54. The largest absolute Gasteiger partial charge is 0.478 e. The van der Waals surface area contributed by atoms with Crippen molar-refractivity contribution < 1.29 is 34.1 Å². The fraction of sp³-hybridized carbons (Fsp3) is 0.320. The van der Waals surface area contributed by atoms with Crippen molar-refractivity contribution in [2.75, 3.05) is 27.2 Å². The monoisotopic (exact) mass is 497 g/mol. The van der Waals surface area contributed by atoms with Gasteiger partial charge in [-0.25, -0.2) is 14.6 Å². The van der Waals surface area contributed by atoms with Gasteiger partial charge in [-0.05, 0) is 13.0 Å². The number of carboxylic acids is 2. The number of benzene rings is 1. The van der Waals surface area contributed by atoms with Crippen LogP contribution in [0.25, 0.3) is 5.57 Å². The number of ether oxygens (including phenoxy) is 1. The highest BCUT2D eigenvalue weighted by Gasteiger charge is 2.48. The molecule has 1 aromatic carbocycles. The Morgan fingerprint density at radius 2 is 1.86 bits per heavy atom. The first-order valence-corrected chi connectivity index (χ1v) is 11.3. The molecule has 3 N–H and O–H groups in total. The zero-order valence-corrected chi connectivity index (χ0v) is 20.4. The molecule has 0 radical (unpaired) electrons. The highest BCUT2D eigenvalue weighted by molar-refractivity contribution is 6.24. The summed E-state index contributed by atoms with van der Waals surface area (Å²) >= 11 is 0. The maximum absolute atomic E-state index is 13.4. The Kier molecular flexibility index (Phi) is 8.05. The zero-order valence-electron chi connectivity index (χ0n) is 20.4. The number of aromatic amines is 1. The number of hydrogen-bond donors (Lipinski definition) is 3. The van der Waals surface area contributed by atoms with Gasteiger partial charge in [-0.2, -0.15) is 0 Å². The average Bonchev–Trinajstić information content (AvgIpc) is 3.37. The number of carbonyl (C=O) groups is 4. The molecule has 1 unspecified atom stereocenters. The summed E-state index contributed by atoms with van der Waals surface area (Å²) in [6, 6.07) is 8.01. The zero-order chi connectivity index (χ0) is 26.5. The maximum atomic E-state index is 13.4. The van der Waals surface area contributed by atoms with Crippen molar-refractivity contribution >= 4 is 35.1 Å². The molecular formula is C25H29N4O7+. The molecule has 2 aliphatic heterocycles. The van der Waals surface area contributed by atoms with Crippen molar-refractivity contribution in [3.8, 4) is 0 Å². The van der Waals surface area contributed by atoms with Crippen LogP contribution in [0.1, 0.15) is 29.8 Å². The van der Waals surface area contributed by atoms with Crippen LogP contribution in [0.4, 0.5) is 5.69 Å². The quantitative estimate of drug-likeness (QED) is 0.299. The third-order valence-corrected chi connectivity index (χ3v) is 6.34. The number of aromatic nitrogens is 2. The van der Waals surface area contributed by atoms with Gasteiger partial charge in [0.2, 0.25) is 0 Å². The van der Waals surface area contributed by atoms with E-state index in [1.807, 2.05) is 30.0 Å². The number of methoxy groups -OCH3 is 1. The standard InChI is InChI=1S/C21H25N4O3.C4H4O4/c1-14-16(23-13-22-14)12-24-10-8-18-20(21(24)27)15-6-4-5-7-17(15)25(18,2)11-9-19(26)28-3;5-3(6)1-2-4(7)8/h4-7,13H,8-12H2,1-3H3,(H,22,23);1-2H,(H,5,6)(H,7,8)/q+1;/b;2-1-. The van der Waals surface area contributed by atoms with Gasteiger partial charge >= 0.3 is 17.9 Å². The molecule has 0 aliphatic carbocycles. The number of imidazole rings is 1. The number of hydrogen-bond acceptors (Lipinski definition) is 6. The van der Waals surface area contributed by atoms with Gasteiger partial charge in [-0.15, -0.1) is 0 Å². The molecule has 11 nitrogen and oxygen atoms in total. The van der Waals surface area contributed by atoms with E-state index in [0.717, 1.165) is 40.3 Å². The predicted molar refractivity (Wildman–Crippen MR) is 130 cm³/mol. The molecule has 36 heavy (non-hydrogen) atoms. The first-order chi connectivity index (χ1) is 17.1. The van der Waals surface area contributed by atoms with E-state index in [4.69, 9.17) is 14.9 Å². The number of rotatable bonds is 7. The lowest BCUT2D eigenvalue weighted by Gasteiger charge is -2.35. The van der Waals surface area contributed by atoms with Crippen LogP contribution in [0.2, 0.25) is 0 Å². The van der Waals surface area contributed by atoms with E-state index in [0.29, 0.717) is 42.7 Å². The van der Waals surface area contributed by atoms with E-state index in [9.17, 15) is 19.2 Å². The van der Waals surface area contributed by atoms with Gasteiger partial charge in [-0.1, -0.05) is 12.1 Å². The number of aliphatic carboxylic acids is 2. The van der Waals surface area contributed by atoms with Crippen LogP contribution >= 0.6 is 0 Å². The van der Waals surface area contributed by atoms with Crippen molar-refractivity contribution in [3.63, 3.8) is 0 Å². The fourth-order valence-electron chi connectivity index (χ4n) is 4.47. The van der Waals surface area contributed by atoms with Gasteiger partial charge < -0.3 is 24.8 Å². The van der Waals surface area contributed by atoms with Crippen LogP contribution in [-0.2, 0) is 30.5 Å². The number of para-hydroxylation sites is 1. The molecule has 3 heterocycles. The normalized spacial score (nSPS) is 18.4. The topological polar surface area (TPSA) is 150 Å². The van der Waals surface area contributed by atoms with Gasteiger partial charge in [0, 0.05) is 36.9 Å². The molecule has 190 valence electrons. The number of quaternary nitrogens is 1. The first kappa shape index (κ1) is 26.4. The van der Waals surface area contributed by atoms with Gasteiger partial charge in [0.25, 0.3) is 5.91 Å². The highest BCUT2D eigenvalue weighted by Crippen LogP contribution is 2.48. The molecule has 1 aromatic heterocycles. The smallest absolute Gasteiger partial charge is 0.328 e. The number of amides is 1. The lowest BCUT2D eigenvalue weighted by molar-refractivity contribution is -0.140.